The largest absolute Gasteiger partial charge is 0.496 e. The van der Waals surface area contributed by atoms with Crippen molar-refractivity contribution < 1.29 is 22.7 Å². The Morgan fingerprint density at radius 1 is 0.966 bits per heavy atom. The van der Waals surface area contributed by atoms with Gasteiger partial charge in [0.2, 0.25) is 0 Å². The molecule has 0 N–H and O–H groups in total. The number of carbonyl (C=O) groups excluding carboxylic acids is 1. The van der Waals surface area contributed by atoms with Crippen molar-refractivity contribution in [1.82, 2.24) is 9.80 Å². The van der Waals surface area contributed by atoms with E-state index in [1.807, 2.05) is 12.1 Å². The maximum Gasteiger partial charge on any atom is 0.416 e. The first-order chi connectivity index (χ1) is 13.8. The van der Waals surface area contributed by atoms with Crippen LogP contribution in [-0.2, 0) is 19.3 Å². The Balaban J connectivity index is 1.56. The van der Waals surface area contributed by atoms with E-state index in [4.69, 9.17) is 4.74 Å². The predicted molar refractivity (Wildman–Crippen MR) is 105 cm³/mol. The smallest absolute Gasteiger partial charge is 0.416 e. The third-order valence-corrected chi connectivity index (χ3v) is 5.23. The molecule has 2 aromatic rings. The average Bonchev–Trinajstić information content (AvgIpc) is 2.69. The van der Waals surface area contributed by atoms with Gasteiger partial charge >= 0.3 is 6.18 Å². The lowest BCUT2D eigenvalue weighted by molar-refractivity contribution is -0.137. The zero-order chi connectivity index (χ0) is 21.0. The van der Waals surface area contributed by atoms with Gasteiger partial charge in [-0.15, -0.1) is 0 Å². The number of ketones is 1. The summed E-state index contributed by atoms with van der Waals surface area (Å²) >= 11 is 0. The number of rotatable bonds is 6. The summed E-state index contributed by atoms with van der Waals surface area (Å²) < 4.78 is 43.5. The number of benzene rings is 2. The van der Waals surface area contributed by atoms with Crippen LogP contribution in [0.3, 0.4) is 0 Å². The summed E-state index contributed by atoms with van der Waals surface area (Å²) in [6, 6.07) is 10.9. The SMILES string of the molecule is COc1ccc(C(C)=O)cc1CN1CCN(Cc2ccc(C(F)(F)F)cc2)CC1. The molecule has 7 heteroatoms. The van der Waals surface area contributed by atoms with Crippen LogP contribution in [0.1, 0.15) is 34.0 Å². The number of alkyl halides is 3. The first-order valence-corrected chi connectivity index (χ1v) is 9.55. The van der Waals surface area contributed by atoms with Crippen molar-refractivity contribution in [3.05, 3.63) is 64.7 Å². The standard InChI is InChI=1S/C22H25F3N2O2/c1-16(28)18-5-8-21(29-2)19(13-18)15-27-11-9-26(10-12-27)14-17-3-6-20(7-4-17)22(23,24)25/h3-8,13H,9-12,14-15H2,1-2H3. The third kappa shape index (κ3) is 5.58. The second-order valence-corrected chi connectivity index (χ2v) is 7.33. The van der Waals surface area contributed by atoms with Crippen molar-refractivity contribution in [2.45, 2.75) is 26.2 Å². The van der Waals surface area contributed by atoms with Gasteiger partial charge in [-0.05, 0) is 42.8 Å². The molecule has 1 heterocycles. The van der Waals surface area contributed by atoms with Gasteiger partial charge in [0.05, 0.1) is 12.7 Å². The lowest BCUT2D eigenvalue weighted by Gasteiger charge is -2.35. The fourth-order valence-corrected chi connectivity index (χ4v) is 3.52. The number of carbonyl (C=O) groups is 1. The zero-order valence-corrected chi connectivity index (χ0v) is 16.6. The number of methoxy groups -OCH3 is 1. The number of ether oxygens (including phenoxy) is 1. The maximum atomic E-state index is 12.7. The molecule has 0 spiro atoms. The van der Waals surface area contributed by atoms with Crippen LogP contribution in [0.5, 0.6) is 5.75 Å². The quantitative estimate of drug-likeness (QED) is 0.672. The van der Waals surface area contributed by atoms with E-state index in [2.05, 4.69) is 9.80 Å². The molecule has 0 aliphatic carbocycles. The number of Topliss-reactive ketones (excluding diaryl/α,β-unsaturated/α-hetero) is 1. The third-order valence-electron chi connectivity index (χ3n) is 5.23. The highest BCUT2D eigenvalue weighted by molar-refractivity contribution is 5.94. The molecule has 4 nitrogen and oxygen atoms in total. The van der Waals surface area contributed by atoms with Crippen LogP contribution < -0.4 is 4.74 Å². The van der Waals surface area contributed by atoms with Gasteiger partial charge in [0.25, 0.3) is 0 Å². The van der Waals surface area contributed by atoms with E-state index in [0.29, 0.717) is 18.7 Å². The maximum absolute atomic E-state index is 12.7. The lowest BCUT2D eigenvalue weighted by Crippen LogP contribution is -2.45. The van der Waals surface area contributed by atoms with Gasteiger partial charge in [-0.2, -0.15) is 13.2 Å². The summed E-state index contributed by atoms with van der Waals surface area (Å²) in [6.45, 7) is 6.22. The zero-order valence-electron chi connectivity index (χ0n) is 16.6. The molecule has 0 atom stereocenters. The fraction of sp³-hybridized carbons (Fsp3) is 0.409. The molecule has 1 saturated heterocycles. The predicted octanol–water partition coefficient (Wildman–Crippen LogP) is 4.23. The topological polar surface area (TPSA) is 32.8 Å². The van der Waals surface area contributed by atoms with E-state index in [0.717, 1.165) is 55.2 Å². The highest BCUT2D eigenvalue weighted by atomic mass is 19.4. The molecule has 0 unspecified atom stereocenters. The second-order valence-electron chi connectivity index (χ2n) is 7.33. The van der Waals surface area contributed by atoms with Gasteiger partial charge in [0.15, 0.2) is 5.78 Å². The molecule has 0 bridgehead atoms. The monoisotopic (exact) mass is 406 g/mol. The summed E-state index contributed by atoms with van der Waals surface area (Å²) in [6.07, 6.45) is -4.30. The summed E-state index contributed by atoms with van der Waals surface area (Å²) in [4.78, 5) is 16.2. The Hall–Kier alpha value is -2.38. The molecule has 2 aromatic carbocycles. The van der Waals surface area contributed by atoms with E-state index < -0.39 is 11.7 Å². The van der Waals surface area contributed by atoms with Gasteiger partial charge < -0.3 is 4.74 Å². The minimum atomic E-state index is -4.30. The van der Waals surface area contributed by atoms with E-state index in [1.54, 1.807) is 32.2 Å². The van der Waals surface area contributed by atoms with Crippen molar-refractivity contribution >= 4 is 5.78 Å². The minimum absolute atomic E-state index is 0.0234. The summed E-state index contributed by atoms with van der Waals surface area (Å²) in [5, 5.41) is 0. The van der Waals surface area contributed by atoms with Gasteiger partial charge in [0.1, 0.15) is 5.75 Å². The number of hydrogen-bond acceptors (Lipinski definition) is 4. The van der Waals surface area contributed by atoms with Crippen molar-refractivity contribution in [1.29, 1.82) is 0 Å². The van der Waals surface area contributed by atoms with Crippen molar-refractivity contribution in [2.75, 3.05) is 33.3 Å². The molecular formula is C22H25F3N2O2. The van der Waals surface area contributed by atoms with Crippen LogP contribution in [0.15, 0.2) is 42.5 Å². The molecular weight excluding hydrogens is 381 g/mol. The number of hydrogen-bond donors (Lipinski definition) is 0. The lowest BCUT2D eigenvalue weighted by atomic mass is 10.1. The normalized spacial score (nSPS) is 16.0. The first kappa shape index (κ1) is 21.3. The van der Waals surface area contributed by atoms with Crippen molar-refractivity contribution in [2.24, 2.45) is 0 Å². The number of nitrogens with zero attached hydrogens (tertiary/aromatic N) is 2. The van der Waals surface area contributed by atoms with Gasteiger partial charge in [-0.3, -0.25) is 14.6 Å². The van der Waals surface area contributed by atoms with Crippen LogP contribution in [-0.4, -0.2) is 48.9 Å². The Bertz CT molecular complexity index is 842. The highest BCUT2D eigenvalue weighted by Crippen LogP contribution is 2.29. The molecule has 156 valence electrons. The number of piperazine rings is 1. The molecule has 1 fully saturated rings. The van der Waals surface area contributed by atoms with Gasteiger partial charge in [-0.1, -0.05) is 12.1 Å². The van der Waals surface area contributed by atoms with E-state index in [9.17, 15) is 18.0 Å². The fourth-order valence-electron chi connectivity index (χ4n) is 3.52. The summed E-state index contributed by atoms with van der Waals surface area (Å²) in [7, 11) is 1.62. The Labute approximate surface area is 168 Å². The van der Waals surface area contributed by atoms with Crippen LogP contribution in [0.4, 0.5) is 13.2 Å². The van der Waals surface area contributed by atoms with E-state index >= 15 is 0 Å². The molecule has 1 aliphatic rings. The minimum Gasteiger partial charge on any atom is -0.496 e. The Morgan fingerprint density at radius 2 is 1.55 bits per heavy atom. The molecule has 0 amide bonds. The average molecular weight is 406 g/mol. The molecule has 0 aromatic heterocycles. The van der Waals surface area contributed by atoms with Gasteiger partial charge in [-0.25, -0.2) is 0 Å². The molecule has 3 rings (SSSR count). The highest BCUT2D eigenvalue weighted by Gasteiger charge is 2.30. The van der Waals surface area contributed by atoms with Crippen molar-refractivity contribution in [3.63, 3.8) is 0 Å². The Morgan fingerprint density at radius 3 is 2.07 bits per heavy atom. The molecule has 1 aliphatic heterocycles. The summed E-state index contributed by atoms with van der Waals surface area (Å²) in [5.41, 5.74) is 1.91. The van der Waals surface area contributed by atoms with Crippen LogP contribution in [0.25, 0.3) is 0 Å². The van der Waals surface area contributed by atoms with Gasteiger partial charge in [0, 0.05) is 50.4 Å². The van der Waals surface area contributed by atoms with Crippen LogP contribution >= 0.6 is 0 Å². The van der Waals surface area contributed by atoms with Crippen molar-refractivity contribution in [3.8, 4) is 5.75 Å². The number of halogens is 3. The second kappa shape index (κ2) is 8.97. The van der Waals surface area contributed by atoms with E-state index in [1.165, 1.54) is 0 Å². The first-order valence-electron chi connectivity index (χ1n) is 9.55. The van der Waals surface area contributed by atoms with E-state index in [-0.39, 0.29) is 5.78 Å². The Kier molecular flexibility index (Phi) is 6.59. The molecule has 29 heavy (non-hydrogen) atoms. The molecule has 0 saturated carbocycles. The molecule has 0 radical (unpaired) electrons. The van der Waals surface area contributed by atoms with Crippen LogP contribution in [0.2, 0.25) is 0 Å². The summed E-state index contributed by atoms with van der Waals surface area (Å²) in [5.74, 6) is 0.789. The van der Waals surface area contributed by atoms with Crippen LogP contribution in [0, 0.1) is 0 Å².